The Balaban J connectivity index is 1.94. The molecular formula is C13H24N4. The second-order valence-corrected chi connectivity index (χ2v) is 5.53. The van der Waals surface area contributed by atoms with Crippen LogP contribution >= 0.6 is 0 Å². The maximum Gasteiger partial charge on any atom is 0.0534 e. The highest BCUT2D eigenvalue weighted by atomic mass is 15.2. The first kappa shape index (κ1) is 12.6. The highest BCUT2D eigenvalue weighted by molar-refractivity contribution is 5.08. The van der Waals surface area contributed by atoms with Crippen LogP contribution in [0.15, 0.2) is 12.4 Å². The van der Waals surface area contributed by atoms with E-state index >= 15 is 0 Å². The fourth-order valence-corrected chi connectivity index (χ4v) is 2.69. The molecule has 1 aromatic heterocycles. The van der Waals surface area contributed by atoms with Crippen molar-refractivity contribution in [2.45, 2.75) is 45.3 Å². The van der Waals surface area contributed by atoms with Crippen LogP contribution < -0.4 is 5.32 Å². The lowest BCUT2D eigenvalue weighted by Gasteiger charge is -2.41. The Bertz CT molecular complexity index is 335. The highest BCUT2D eigenvalue weighted by Crippen LogP contribution is 2.23. The van der Waals surface area contributed by atoms with E-state index in [-0.39, 0.29) is 0 Å². The van der Waals surface area contributed by atoms with Crippen LogP contribution in [0.3, 0.4) is 0 Å². The lowest BCUT2D eigenvalue weighted by molar-refractivity contribution is 0.116. The highest BCUT2D eigenvalue weighted by Gasteiger charge is 2.29. The van der Waals surface area contributed by atoms with Crippen LogP contribution in [-0.4, -0.2) is 40.8 Å². The van der Waals surface area contributed by atoms with E-state index in [2.05, 4.69) is 48.2 Å². The molecule has 4 unspecified atom stereocenters. The van der Waals surface area contributed by atoms with Gasteiger partial charge in [-0.25, -0.2) is 0 Å². The molecule has 4 atom stereocenters. The van der Waals surface area contributed by atoms with Gasteiger partial charge < -0.3 is 10.2 Å². The third-order valence-corrected chi connectivity index (χ3v) is 4.09. The first-order valence-corrected chi connectivity index (χ1v) is 6.53. The van der Waals surface area contributed by atoms with Gasteiger partial charge in [-0.15, -0.1) is 0 Å². The fourth-order valence-electron chi connectivity index (χ4n) is 2.69. The minimum absolute atomic E-state index is 0.372. The van der Waals surface area contributed by atoms with Crippen molar-refractivity contribution in [1.82, 2.24) is 20.4 Å². The molecule has 2 N–H and O–H groups in total. The van der Waals surface area contributed by atoms with Crippen molar-refractivity contribution in [1.29, 1.82) is 0 Å². The molecular weight excluding hydrogens is 212 g/mol. The fraction of sp³-hybridized carbons (Fsp3) is 0.769. The number of nitrogens with zero attached hydrogens (tertiary/aromatic N) is 2. The first-order chi connectivity index (χ1) is 8.08. The summed E-state index contributed by atoms with van der Waals surface area (Å²) in [5.74, 6) is 0.700. The van der Waals surface area contributed by atoms with Gasteiger partial charge in [0, 0.05) is 36.4 Å². The summed E-state index contributed by atoms with van der Waals surface area (Å²) in [5, 5.41) is 10.6. The smallest absolute Gasteiger partial charge is 0.0534 e. The number of hydrogen-bond acceptors (Lipinski definition) is 3. The molecule has 0 saturated carbocycles. The van der Waals surface area contributed by atoms with Crippen molar-refractivity contribution in [3.63, 3.8) is 0 Å². The van der Waals surface area contributed by atoms with Gasteiger partial charge in [0.2, 0.25) is 0 Å². The maximum atomic E-state index is 4.01. The standard InChI is InChI=1S/C13H24N4/c1-9-8-17(4)10(2)5-13(9)16-11(3)12-6-14-15-7-12/h6-7,9-11,13,16H,5,8H2,1-4H3,(H,14,15). The van der Waals surface area contributed by atoms with Gasteiger partial charge in [0.1, 0.15) is 0 Å². The molecule has 0 aromatic carbocycles. The zero-order valence-electron chi connectivity index (χ0n) is 11.3. The number of nitrogens with one attached hydrogen (secondary N) is 2. The molecule has 2 heterocycles. The van der Waals surface area contributed by atoms with E-state index < -0.39 is 0 Å². The lowest BCUT2D eigenvalue weighted by atomic mass is 9.89. The van der Waals surface area contributed by atoms with E-state index in [9.17, 15) is 0 Å². The molecule has 17 heavy (non-hydrogen) atoms. The number of aromatic amines is 1. The number of piperidine rings is 1. The third kappa shape index (κ3) is 2.87. The Morgan fingerprint density at radius 1 is 1.53 bits per heavy atom. The third-order valence-electron chi connectivity index (χ3n) is 4.09. The summed E-state index contributed by atoms with van der Waals surface area (Å²) in [5.41, 5.74) is 1.24. The van der Waals surface area contributed by atoms with E-state index in [1.165, 1.54) is 18.5 Å². The summed E-state index contributed by atoms with van der Waals surface area (Å²) in [6.45, 7) is 8.03. The Morgan fingerprint density at radius 2 is 2.29 bits per heavy atom. The summed E-state index contributed by atoms with van der Waals surface area (Å²) in [6.07, 6.45) is 5.10. The molecule has 0 spiro atoms. The van der Waals surface area contributed by atoms with E-state index in [1.807, 2.05) is 12.4 Å². The largest absolute Gasteiger partial charge is 0.307 e. The average molecular weight is 236 g/mol. The monoisotopic (exact) mass is 236 g/mol. The molecule has 0 radical (unpaired) electrons. The molecule has 2 rings (SSSR count). The molecule has 0 bridgehead atoms. The Labute approximate surface area is 104 Å². The summed E-state index contributed by atoms with van der Waals surface area (Å²) < 4.78 is 0. The number of H-pyrrole nitrogens is 1. The molecule has 0 aliphatic carbocycles. The first-order valence-electron chi connectivity index (χ1n) is 6.53. The van der Waals surface area contributed by atoms with Crippen molar-refractivity contribution in [2.75, 3.05) is 13.6 Å². The van der Waals surface area contributed by atoms with Gasteiger partial charge in [-0.05, 0) is 33.2 Å². The molecule has 1 aromatic rings. The zero-order chi connectivity index (χ0) is 12.4. The van der Waals surface area contributed by atoms with E-state index in [1.54, 1.807) is 0 Å². The van der Waals surface area contributed by atoms with Gasteiger partial charge in [0.05, 0.1) is 6.20 Å². The molecule has 1 fully saturated rings. The Morgan fingerprint density at radius 3 is 2.94 bits per heavy atom. The molecule has 4 heteroatoms. The number of likely N-dealkylation sites (tertiary alicyclic amines) is 1. The lowest BCUT2D eigenvalue weighted by Crippen LogP contribution is -2.51. The van der Waals surface area contributed by atoms with Crippen molar-refractivity contribution in [3.8, 4) is 0 Å². The van der Waals surface area contributed by atoms with Crippen molar-refractivity contribution < 1.29 is 0 Å². The maximum absolute atomic E-state index is 4.01. The van der Waals surface area contributed by atoms with Gasteiger partial charge in [0.15, 0.2) is 0 Å². The van der Waals surface area contributed by atoms with Crippen LogP contribution in [0.4, 0.5) is 0 Å². The second-order valence-electron chi connectivity index (χ2n) is 5.53. The van der Waals surface area contributed by atoms with Crippen LogP contribution in [0.1, 0.15) is 38.8 Å². The van der Waals surface area contributed by atoms with Gasteiger partial charge in [-0.2, -0.15) is 5.10 Å². The van der Waals surface area contributed by atoms with Gasteiger partial charge in [0.25, 0.3) is 0 Å². The molecule has 96 valence electrons. The minimum atomic E-state index is 0.372. The van der Waals surface area contributed by atoms with E-state index in [0.717, 1.165) is 0 Å². The van der Waals surface area contributed by atoms with Crippen LogP contribution in [0.5, 0.6) is 0 Å². The minimum Gasteiger partial charge on any atom is -0.307 e. The van der Waals surface area contributed by atoms with Crippen LogP contribution in [0, 0.1) is 5.92 Å². The van der Waals surface area contributed by atoms with Crippen molar-refractivity contribution >= 4 is 0 Å². The van der Waals surface area contributed by atoms with E-state index in [4.69, 9.17) is 0 Å². The number of hydrogen-bond donors (Lipinski definition) is 2. The molecule has 0 amide bonds. The predicted molar refractivity (Wildman–Crippen MR) is 69.8 cm³/mol. The molecule has 1 aliphatic heterocycles. The van der Waals surface area contributed by atoms with Crippen molar-refractivity contribution in [2.24, 2.45) is 5.92 Å². The summed E-state index contributed by atoms with van der Waals surface area (Å²) in [7, 11) is 2.22. The van der Waals surface area contributed by atoms with E-state index in [0.29, 0.717) is 24.0 Å². The quantitative estimate of drug-likeness (QED) is 0.841. The average Bonchev–Trinajstić information content (AvgIpc) is 2.79. The second kappa shape index (κ2) is 5.19. The molecule has 1 saturated heterocycles. The van der Waals surface area contributed by atoms with Gasteiger partial charge in [-0.1, -0.05) is 6.92 Å². The molecule has 4 nitrogen and oxygen atoms in total. The van der Waals surface area contributed by atoms with Gasteiger partial charge >= 0.3 is 0 Å². The SMILES string of the molecule is CC(NC1CC(C)N(C)CC1C)c1cn[nH]c1. The van der Waals surface area contributed by atoms with Crippen LogP contribution in [-0.2, 0) is 0 Å². The van der Waals surface area contributed by atoms with Crippen LogP contribution in [0.25, 0.3) is 0 Å². The number of rotatable bonds is 3. The Hall–Kier alpha value is -0.870. The number of aromatic nitrogens is 2. The van der Waals surface area contributed by atoms with Crippen LogP contribution in [0.2, 0.25) is 0 Å². The predicted octanol–water partition coefficient (Wildman–Crippen LogP) is 1.79. The summed E-state index contributed by atoms with van der Waals surface area (Å²) in [6, 6.07) is 1.64. The zero-order valence-corrected chi connectivity index (χ0v) is 11.3. The van der Waals surface area contributed by atoms with Crippen molar-refractivity contribution in [3.05, 3.63) is 18.0 Å². The topological polar surface area (TPSA) is 44.0 Å². The molecule has 1 aliphatic rings. The summed E-state index contributed by atoms with van der Waals surface area (Å²) in [4.78, 5) is 2.45. The van der Waals surface area contributed by atoms with Gasteiger partial charge in [-0.3, -0.25) is 5.10 Å². The Kier molecular flexibility index (Phi) is 3.84. The normalized spacial score (nSPS) is 32.6. The summed E-state index contributed by atoms with van der Waals surface area (Å²) >= 11 is 0.